The molecule has 1 amide bonds. The molecule has 0 saturated carbocycles. The van der Waals surface area contributed by atoms with Crippen LogP contribution in [0, 0.1) is 12.8 Å². The lowest BCUT2D eigenvalue weighted by atomic mass is 10.1. The van der Waals surface area contributed by atoms with E-state index in [1.54, 1.807) is 0 Å². The Labute approximate surface area is 97.1 Å². The third kappa shape index (κ3) is 3.68. The fourth-order valence-corrected chi connectivity index (χ4v) is 1.66. The fraction of sp³-hybridized carbons (Fsp3) is 0.667. The summed E-state index contributed by atoms with van der Waals surface area (Å²) in [6.45, 7) is 9.22. The van der Waals surface area contributed by atoms with Crippen molar-refractivity contribution in [2.75, 3.05) is 6.54 Å². The van der Waals surface area contributed by atoms with Crippen molar-refractivity contribution < 1.29 is 4.79 Å². The molecule has 0 saturated heterocycles. The maximum atomic E-state index is 11.4. The number of aromatic nitrogens is 2. The average Bonchev–Trinajstić information content (AvgIpc) is 2.45. The van der Waals surface area contributed by atoms with Gasteiger partial charge in [0, 0.05) is 12.7 Å². The van der Waals surface area contributed by atoms with Gasteiger partial charge in [-0.25, -0.2) is 4.98 Å². The van der Waals surface area contributed by atoms with E-state index >= 15 is 0 Å². The normalized spacial score (nSPS) is 10.8. The van der Waals surface area contributed by atoms with Gasteiger partial charge in [-0.05, 0) is 26.2 Å². The zero-order valence-electron chi connectivity index (χ0n) is 10.6. The Morgan fingerprint density at radius 2 is 2.25 bits per heavy atom. The number of nitrogens with zero attached hydrogens (tertiary/aromatic N) is 2. The van der Waals surface area contributed by atoms with Crippen LogP contribution in [0.15, 0.2) is 6.20 Å². The van der Waals surface area contributed by atoms with Crippen molar-refractivity contribution in [3.05, 3.63) is 17.7 Å². The topological polar surface area (TPSA) is 46.9 Å². The zero-order valence-corrected chi connectivity index (χ0v) is 10.6. The Morgan fingerprint density at radius 1 is 1.56 bits per heavy atom. The molecule has 0 aromatic carbocycles. The lowest BCUT2D eigenvalue weighted by molar-refractivity contribution is -0.121. The number of carbonyl (C=O) groups excluding carboxylic acids is 1. The SMILES string of the molecule is CCNC(=O)Cn1cc(CC(C)C)nc1C. The number of amides is 1. The number of imidazole rings is 1. The van der Waals surface area contributed by atoms with Crippen molar-refractivity contribution in [3.63, 3.8) is 0 Å². The van der Waals surface area contributed by atoms with Crippen molar-refractivity contribution in [1.82, 2.24) is 14.9 Å². The van der Waals surface area contributed by atoms with Gasteiger partial charge in [-0.2, -0.15) is 0 Å². The summed E-state index contributed by atoms with van der Waals surface area (Å²) in [6, 6.07) is 0. The van der Waals surface area contributed by atoms with Gasteiger partial charge in [0.2, 0.25) is 5.91 Å². The summed E-state index contributed by atoms with van der Waals surface area (Å²) in [5, 5.41) is 2.78. The minimum Gasteiger partial charge on any atom is -0.355 e. The first kappa shape index (κ1) is 12.7. The molecule has 1 N–H and O–H groups in total. The molecule has 0 atom stereocenters. The summed E-state index contributed by atoms with van der Waals surface area (Å²) in [6.07, 6.45) is 2.94. The Morgan fingerprint density at radius 3 is 2.81 bits per heavy atom. The predicted octanol–water partition coefficient (Wildman–Crippen LogP) is 1.53. The van der Waals surface area contributed by atoms with E-state index in [1.165, 1.54) is 0 Å². The van der Waals surface area contributed by atoms with Gasteiger partial charge >= 0.3 is 0 Å². The van der Waals surface area contributed by atoms with E-state index in [4.69, 9.17) is 0 Å². The standard InChI is InChI=1S/C12H21N3O/c1-5-13-12(16)8-15-7-11(6-9(2)3)14-10(15)4/h7,9H,5-6,8H2,1-4H3,(H,13,16). The highest BCUT2D eigenvalue weighted by atomic mass is 16.1. The number of aryl methyl sites for hydroxylation is 1. The van der Waals surface area contributed by atoms with Crippen molar-refractivity contribution in [2.24, 2.45) is 5.92 Å². The third-order valence-electron chi connectivity index (χ3n) is 2.33. The molecule has 0 unspecified atom stereocenters. The highest BCUT2D eigenvalue weighted by Gasteiger charge is 2.08. The molecule has 0 radical (unpaired) electrons. The maximum absolute atomic E-state index is 11.4. The van der Waals surface area contributed by atoms with Gasteiger partial charge in [0.25, 0.3) is 0 Å². The Bertz CT molecular complexity index is 355. The first-order chi connectivity index (χ1) is 7.52. The van der Waals surface area contributed by atoms with Gasteiger partial charge in [0.05, 0.1) is 5.69 Å². The summed E-state index contributed by atoms with van der Waals surface area (Å²) in [4.78, 5) is 15.9. The molecule has 0 bridgehead atoms. The first-order valence-corrected chi connectivity index (χ1v) is 5.82. The van der Waals surface area contributed by atoms with Crippen molar-refractivity contribution in [2.45, 2.75) is 40.7 Å². The largest absolute Gasteiger partial charge is 0.355 e. The molecular formula is C12H21N3O. The number of likely N-dealkylation sites (N-methyl/N-ethyl adjacent to an activating group) is 1. The second-order valence-electron chi connectivity index (χ2n) is 4.46. The average molecular weight is 223 g/mol. The van der Waals surface area contributed by atoms with E-state index in [1.807, 2.05) is 24.6 Å². The van der Waals surface area contributed by atoms with E-state index in [-0.39, 0.29) is 5.91 Å². The lowest BCUT2D eigenvalue weighted by Gasteiger charge is -2.04. The minimum absolute atomic E-state index is 0.0408. The minimum atomic E-state index is 0.0408. The summed E-state index contributed by atoms with van der Waals surface area (Å²) in [5.74, 6) is 1.54. The fourth-order valence-electron chi connectivity index (χ4n) is 1.66. The van der Waals surface area contributed by atoms with E-state index in [0.717, 1.165) is 17.9 Å². The number of rotatable bonds is 5. The van der Waals surface area contributed by atoms with E-state index in [2.05, 4.69) is 24.1 Å². The molecule has 0 fully saturated rings. The highest BCUT2D eigenvalue weighted by Crippen LogP contribution is 2.08. The molecule has 16 heavy (non-hydrogen) atoms. The van der Waals surface area contributed by atoms with Crippen LogP contribution in [0.1, 0.15) is 32.3 Å². The molecule has 4 nitrogen and oxygen atoms in total. The molecule has 1 aromatic rings. The Hall–Kier alpha value is -1.32. The second-order valence-corrected chi connectivity index (χ2v) is 4.46. The van der Waals surface area contributed by atoms with Gasteiger partial charge in [0.15, 0.2) is 0 Å². The monoisotopic (exact) mass is 223 g/mol. The zero-order chi connectivity index (χ0) is 12.1. The molecule has 0 spiro atoms. The molecule has 1 heterocycles. The predicted molar refractivity (Wildman–Crippen MR) is 64.2 cm³/mol. The van der Waals surface area contributed by atoms with Crippen LogP contribution in [-0.4, -0.2) is 22.0 Å². The van der Waals surface area contributed by atoms with Crippen LogP contribution in [-0.2, 0) is 17.8 Å². The Kier molecular flexibility index (Phi) is 4.52. The quantitative estimate of drug-likeness (QED) is 0.822. The van der Waals surface area contributed by atoms with E-state index < -0.39 is 0 Å². The van der Waals surface area contributed by atoms with Crippen LogP contribution in [0.2, 0.25) is 0 Å². The number of hydrogen-bond acceptors (Lipinski definition) is 2. The Balaban J connectivity index is 2.66. The van der Waals surface area contributed by atoms with Crippen molar-refractivity contribution >= 4 is 5.91 Å². The molecule has 1 rings (SSSR count). The molecular weight excluding hydrogens is 202 g/mol. The van der Waals surface area contributed by atoms with E-state index in [9.17, 15) is 4.79 Å². The summed E-state index contributed by atoms with van der Waals surface area (Å²) >= 11 is 0. The number of carbonyl (C=O) groups is 1. The molecule has 1 aromatic heterocycles. The molecule has 0 aliphatic heterocycles. The van der Waals surface area contributed by atoms with Gasteiger partial charge in [-0.3, -0.25) is 4.79 Å². The van der Waals surface area contributed by atoms with Gasteiger partial charge < -0.3 is 9.88 Å². The lowest BCUT2D eigenvalue weighted by Crippen LogP contribution is -2.27. The summed E-state index contributed by atoms with van der Waals surface area (Å²) in [5.41, 5.74) is 1.07. The summed E-state index contributed by atoms with van der Waals surface area (Å²) in [7, 11) is 0. The second kappa shape index (κ2) is 5.68. The van der Waals surface area contributed by atoms with Crippen molar-refractivity contribution in [3.8, 4) is 0 Å². The highest BCUT2D eigenvalue weighted by molar-refractivity contribution is 5.75. The van der Waals surface area contributed by atoms with Crippen molar-refractivity contribution in [1.29, 1.82) is 0 Å². The number of hydrogen-bond donors (Lipinski definition) is 1. The maximum Gasteiger partial charge on any atom is 0.239 e. The molecule has 0 aliphatic rings. The van der Waals surface area contributed by atoms with E-state index in [0.29, 0.717) is 19.0 Å². The smallest absolute Gasteiger partial charge is 0.239 e. The van der Waals surface area contributed by atoms with Crippen LogP contribution in [0.4, 0.5) is 0 Å². The summed E-state index contributed by atoms with van der Waals surface area (Å²) < 4.78 is 1.91. The van der Waals surface area contributed by atoms with Gasteiger partial charge in [-0.15, -0.1) is 0 Å². The van der Waals surface area contributed by atoms with Gasteiger partial charge in [-0.1, -0.05) is 13.8 Å². The van der Waals surface area contributed by atoms with Crippen LogP contribution >= 0.6 is 0 Å². The van der Waals surface area contributed by atoms with Crippen LogP contribution < -0.4 is 5.32 Å². The number of nitrogens with one attached hydrogen (secondary N) is 1. The van der Waals surface area contributed by atoms with Crippen LogP contribution in [0.3, 0.4) is 0 Å². The third-order valence-corrected chi connectivity index (χ3v) is 2.33. The van der Waals surface area contributed by atoms with Gasteiger partial charge in [0.1, 0.15) is 12.4 Å². The molecule has 90 valence electrons. The first-order valence-electron chi connectivity index (χ1n) is 5.82. The van der Waals surface area contributed by atoms with Crippen LogP contribution in [0.5, 0.6) is 0 Å². The van der Waals surface area contributed by atoms with Crippen LogP contribution in [0.25, 0.3) is 0 Å². The molecule has 0 aliphatic carbocycles. The molecule has 4 heteroatoms.